The molecule has 1 aliphatic carbocycles. The molecule has 0 saturated heterocycles. The van der Waals surface area contributed by atoms with Crippen LogP contribution in [-0.2, 0) is 6.54 Å². The van der Waals surface area contributed by atoms with Crippen molar-refractivity contribution in [1.29, 1.82) is 0 Å². The fourth-order valence-corrected chi connectivity index (χ4v) is 2.85. The molecule has 2 aromatic rings. The highest BCUT2D eigenvalue weighted by Gasteiger charge is 2.22. The second kappa shape index (κ2) is 5.81. The molecule has 0 aliphatic heterocycles. The maximum Gasteiger partial charge on any atom is 0.202 e. The van der Waals surface area contributed by atoms with Crippen LogP contribution in [0.4, 0.5) is 0 Å². The number of nitrogens with zero attached hydrogens (tertiary/aromatic N) is 2. The second-order valence-corrected chi connectivity index (χ2v) is 5.64. The van der Waals surface area contributed by atoms with E-state index < -0.39 is 0 Å². The Bertz CT molecular complexity index is 527. The van der Waals surface area contributed by atoms with Gasteiger partial charge in [-0.1, -0.05) is 5.16 Å². The fraction of sp³-hybridized carbons (Fsp3) is 0.533. The van der Waals surface area contributed by atoms with Gasteiger partial charge < -0.3 is 14.7 Å². The van der Waals surface area contributed by atoms with Gasteiger partial charge in [0.05, 0.1) is 12.0 Å². The van der Waals surface area contributed by atoms with Crippen molar-refractivity contribution < 1.29 is 8.94 Å². The molecule has 0 bridgehead atoms. The molecule has 2 heterocycles. The number of hydrogen-bond acceptors (Lipinski definition) is 5. The largest absolute Gasteiger partial charge is 0.461 e. The van der Waals surface area contributed by atoms with Crippen LogP contribution in [0.5, 0.6) is 0 Å². The Labute approximate surface area is 118 Å². The van der Waals surface area contributed by atoms with E-state index in [4.69, 9.17) is 14.7 Å². The molecular formula is C15H21N3O2. The number of aromatic nitrogens is 1. The third-order valence-corrected chi connectivity index (χ3v) is 4.10. The number of hydrogen-bond donors (Lipinski definition) is 1. The van der Waals surface area contributed by atoms with Gasteiger partial charge in [-0.2, -0.15) is 0 Å². The van der Waals surface area contributed by atoms with Crippen LogP contribution < -0.4 is 5.73 Å². The zero-order valence-electron chi connectivity index (χ0n) is 11.8. The third-order valence-electron chi connectivity index (χ3n) is 4.10. The predicted octanol–water partition coefficient (Wildman–Crippen LogP) is 2.64. The minimum atomic E-state index is 0.386. The Morgan fingerprint density at radius 1 is 1.30 bits per heavy atom. The summed E-state index contributed by atoms with van der Waals surface area (Å²) in [4.78, 5) is 2.34. The van der Waals surface area contributed by atoms with Gasteiger partial charge in [-0.05, 0) is 44.9 Å². The minimum absolute atomic E-state index is 0.386. The van der Waals surface area contributed by atoms with Crippen molar-refractivity contribution in [2.75, 3.05) is 7.05 Å². The summed E-state index contributed by atoms with van der Waals surface area (Å²) in [6.07, 6.45) is 6.20. The first kappa shape index (κ1) is 13.4. The van der Waals surface area contributed by atoms with Gasteiger partial charge in [0.2, 0.25) is 5.76 Å². The second-order valence-electron chi connectivity index (χ2n) is 5.64. The first-order valence-electron chi connectivity index (χ1n) is 7.17. The highest BCUT2D eigenvalue weighted by Crippen LogP contribution is 2.24. The average molecular weight is 275 g/mol. The van der Waals surface area contributed by atoms with Gasteiger partial charge in [0.1, 0.15) is 0 Å². The molecule has 0 spiro atoms. The lowest BCUT2D eigenvalue weighted by atomic mass is 9.91. The van der Waals surface area contributed by atoms with Crippen molar-refractivity contribution in [3.8, 4) is 11.5 Å². The maximum atomic E-state index is 5.95. The number of rotatable bonds is 4. The fourth-order valence-electron chi connectivity index (χ4n) is 2.85. The molecule has 0 unspecified atom stereocenters. The van der Waals surface area contributed by atoms with Crippen LogP contribution in [0.25, 0.3) is 11.5 Å². The van der Waals surface area contributed by atoms with Gasteiger partial charge >= 0.3 is 0 Å². The van der Waals surface area contributed by atoms with E-state index in [0.717, 1.165) is 30.8 Å². The minimum Gasteiger partial charge on any atom is -0.461 e. The summed E-state index contributed by atoms with van der Waals surface area (Å²) in [6, 6.07) is 6.64. The molecule has 1 fully saturated rings. The molecule has 3 rings (SSSR count). The van der Waals surface area contributed by atoms with Crippen molar-refractivity contribution in [3.63, 3.8) is 0 Å². The van der Waals surface area contributed by atoms with Crippen molar-refractivity contribution in [2.45, 2.75) is 44.3 Å². The summed E-state index contributed by atoms with van der Waals surface area (Å²) >= 11 is 0. The molecule has 0 radical (unpaired) electrons. The quantitative estimate of drug-likeness (QED) is 0.929. The highest BCUT2D eigenvalue weighted by molar-refractivity contribution is 5.49. The van der Waals surface area contributed by atoms with E-state index >= 15 is 0 Å². The van der Waals surface area contributed by atoms with E-state index in [0.29, 0.717) is 17.8 Å². The predicted molar refractivity (Wildman–Crippen MR) is 75.9 cm³/mol. The van der Waals surface area contributed by atoms with Crippen LogP contribution in [0.2, 0.25) is 0 Å². The van der Waals surface area contributed by atoms with Gasteiger partial charge in [-0.25, -0.2) is 0 Å². The molecule has 1 aliphatic rings. The van der Waals surface area contributed by atoms with Crippen LogP contribution in [0.1, 0.15) is 31.4 Å². The molecule has 0 amide bonds. The molecular weight excluding hydrogens is 254 g/mol. The number of nitrogens with two attached hydrogens (primary N) is 1. The van der Waals surface area contributed by atoms with Crippen LogP contribution in [0, 0.1) is 0 Å². The van der Waals surface area contributed by atoms with Crippen LogP contribution >= 0.6 is 0 Å². The Morgan fingerprint density at radius 2 is 2.10 bits per heavy atom. The van der Waals surface area contributed by atoms with E-state index in [1.807, 2.05) is 18.2 Å². The lowest BCUT2D eigenvalue weighted by molar-refractivity contribution is 0.172. The summed E-state index contributed by atoms with van der Waals surface area (Å²) in [5.41, 5.74) is 6.89. The molecule has 2 N–H and O–H groups in total. The van der Waals surface area contributed by atoms with Gasteiger partial charge in [-0.3, -0.25) is 4.90 Å². The lowest BCUT2D eigenvalue weighted by Gasteiger charge is -2.32. The number of furan rings is 1. The van der Waals surface area contributed by atoms with Gasteiger partial charge in [0, 0.05) is 24.7 Å². The SMILES string of the molecule is CN(Cc1cc(-c2ccco2)on1)C1CCC(N)CC1. The summed E-state index contributed by atoms with van der Waals surface area (Å²) in [6.45, 7) is 0.796. The van der Waals surface area contributed by atoms with Gasteiger partial charge in [-0.15, -0.1) is 0 Å². The van der Waals surface area contributed by atoms with Crippen molar-refractivity contribution in [3.05, 3.63) is 30.2 Å². The monoisotopic (exact) mass is 275 g/mol. The standard InChI is InChI=1S/C15H21N3O2/c1-18(13-6-4-11(16)5-7-13)10-12-9-15(20-17-12)14-3-2-8-19-14/h2-3,8-9,11,13H,4-7,10,16H2,1H3. The molecule has 20 heavy (non-hydrogen) atoms. The van der Waals surface area contributed by atoms with Crippen LogP contribution in [0.15, 0.2) is 33.4 Å². The molecule has 5 nitrogen and oxygen atoms in total. The Balaban J connectivity index is 1.60. The smallest absolute Gasteiger partial charge is 0.202 e. The third kappa shape index (κ3) is 2.94. The molecule has 108 valence electrons. The molecule has 5 heteroatoms. The zero-order chi connectivity index (χ0) is 13.9. The first-order chi connectivity index (χ1) is 9.72. The molecule has 0 atom stereocenters. The van der Waals surface area contributed by atoms with E-state index in [1.165, 1.54) is 12.8 Å². The normalized spacial score (nSPS) is 23.4. The Kier molecular flexibility index (Phi) is 3.89. The van der Waals surface area contributed by atoms with Crippen molar-refractivity contribution >= 4 is 0 Å². The van der Waals surface area contributed by atoms with Crippen molar-refractivity contribution in [1.82, 2.24) is 10.1 Å². The summed E-state index contributed by atoms with van der Waals surface area (Å²) in [5, 5.41) is 4.12. The average Bonchev–Trinajstić information content (AvgIpc) is 3.09. The van der Waals surface area contributed by atoms with E-state index in [9.17, 15) is 0 Å². The Morgan fingerprint density at radius 3 is 2.80 bits per heavy atom. The van der Waals surface area contributed by atoms with Crippen molar-refractivity contribution in [2.24, 2.45) is 5.73 Å². The van der Waals surface area contributed by atoms with Gasteiger partial charge in [0.15, 0.2) is 5.76 Å². The van der Waals surface area contributed by atoms with E-state index in [1.54, 1.807) is 6.26 Å². The van der Waals surface area contributed by atoms with Crippen LogP contribution in [0.3, 0.4) is 0 Å². The van der Waals surface area contributed by atoms with E-state index in [-0.39, 0.29) is 0 Å². The van der Waals surface area contributed by atoms with Crippen LogP contribution in [-0.4, -0.2) is 29.2 Å². The maximum absolute atomic E-state index is 5.95. The van der Waals surface area contributed by atoms with E-state index in [2.05, 4.69) is 17.1 Å². The lowest BCUT2D eigenvalue weighted by Crippen LogP contribution is -2.38. The summed E-state index contributed by atoms with van der Waals surface area (Å²) in [7, 11) is 2.14. The zero-order valence-corrected chi connectivity index (χ0v) is 11.8. The highest BCUT2D eigenvalue weighted by atomic mass is 16.5. The van der Waals surface area contributed by atoms with Gasteiger partial charge in [0.25, 0.3) is 0 Å². The Hall–Kier alpha value is -1.59. The summed E-state index contributed by atoms with van der Waals surface area (Å²) in [5.74, 6) is 1.40. The molecule has 0 aromatic carbocycles. The molecule has 1 saturated carbocycles. The first-order valence-corrected chi connectivity index (χ1v) is 7.17. The summed E-state index contributed by atoms with van der Waals surface area (Å²) < 4.78 is 10.6. The topological polar surface area (TPSA) is 68.4 Å². The molecule has 2 aromatic heterocycles.